The number of piperazine rings is 1. The van der Waals surface area contributed by atoms with Crippen LogP contribution >= 0.6 is 0 Å². The molecule has 0 aromatic heterocycles. The van der Waals surface area contributed by atoms with E-state index in [9.17, 15) is 23.2 Å². The van der Waals surface area contributed by atoms with E-state index in [2.05, 4.69) is 42.5 Å². The molecule has 52 heavy (non-hydrogen) atoms. The van der Waals surface area contributed by atoms with Gasteiger partial charge in [0.2, 0.25) is 6.79 Å². The van der Waals surface area contributed by atoms with Crippen molar-refractivity contribution in [3.8, 4) is 29.1 Å². The van der Waals surface area contributed by atoms with E-state index in [1.165, 1.54) is 23.8 Å². The lowest BCUT2D eigenvalue weighted by atomic mass is 9.71. The number of nitrogens with zero attached hydrogens (tertiary/aromatic N) is 3. The highest BCUT2D eigenvalue weighted by atomic mass is 19.4. The number of nitriles is 1. The molecule has 4 heterocycles. The molecule has 3 aromatic carbocycles. The van der Waals surface area contributed by atoms with E-state index < -0.39 is 29.8 Å². The first-order valence-electron chi connectivity index (χ1n) is 17.2. The Morgan fingerprint density at radius 2 is 1.85 bits per heavy atom. The minimum absolute atomic E-state index is 0.00935. The molecule has 0 radical (unpaired) electrons. The first-order chi connectivity index (χ1) is 24.9. The topological polar surface area (TPSA) is 93.5 Å². The molecule has 0 saturated carbocycles. The van der Waals surface area contributed by atoms with Crippen LogP contribution in [0.1, 0.15) is 62.2 Å². The van der Waals surface area contributed by atoms with E-state index in [1.807, 2.05) is 13.8 Å². The van der Waals surface area contributed by atoms with Crippen LogP contribution in [0.4, 0.5) is 13.2 Å². The third-order valence-electron chi connectivity index (χ3n) is 10.9. The summed E-state index contributed by atoms with van der Waals surface area (Å²) in [5.41, 5.74) is 6.17. The molecule has 0 spiro atoms. The number of carbonyl (C=O) groups excluding carboxylic acids is 1. The number of rotatable bonds is 8. The van der Waals surface area contributed by atoms with Crippen molar-refractivity contribution in [2.75, 3.05) is 34.2 Å². The summed E-state index contributed by atoms with van der Waals surface area (Å²) < 4.78 is 70.2. The lowest BCUT2D eigenvalue weighted by Gasteiger charge is -2.60. The predicted molar refractivity (Wildman–Crippen MR) is 186 cm³/mol. The molecule has 272 valence electrons. The van der Waals surface area contributed by atoms with E-state index in [0.717, 1.165) is 57.3 Å². The number of hydrogen-bond acceptors (Lipinski definition) is 9. The van der Waals surface area contributed by atoms with Crippen LogP contribution < -0.4 is 18.9 Å². The van der Waals surface area contributed by atoms with Crippen molar-refractivity contribution < 1.29 is 41.7 Å². The molecule has 4 aliphatic heterocycles. The first-order valence-corrected chi connectivity index (χ1v) is 17.2. The third kappa shape index (κ3) is 5.76. The number of halogens is 3. The summed E-state index contributed by atoms with van der Waals surface area (Å²) in [4.78, 5) is 17.8. The molecule has 2 bridgehead atoms. The van der Waals surface area contributed by atoms with Crippen LogP contribution in [0.3, 0.4) is 0 Å². The van der Waals surface area contributed by atoms with Gasteiger partial charge in [-0.15, -0.1) is 0 Å². The molecule has 4 aliphatic rings. The number of hydrogen-bond donors (Lipinski definition) is 0. The van der Waals surface area contributed by atoms with Crippen molar-refractivity contribution in [3.05, 3.63) is 99.1 Å². The molecular formula is C40H40F3N3O6. The zero-order chi connectivity index (χ0) is 37.1. The minimum Gasteiger partial charge on any atom is -0.496 e. The van der Waals surface area contributed by atoms with Gasteiger partial charge in [0.25, 0.3) is 0 Å². The Hall–Kier alpha value is -4.99. The van der Waals surface area contributed by atoms with Crippen molar-refractivity contribution in [2.24, 2.45) is 0 Å². The number of carbonyl (C=O) groups is 1. The summed E-state index contributed by atoms with van der Waals surface area (Å²) in [5.74, 6) is 1.76. The smallest absolute Gasteiger partial charge is 0.416 e. The highest BCUT2D eigenvalue weighted by molar-refractivity contribution is 5.87. The standard InChI is InChI=1S/C40H40F3N3O6/c1-7-13-49-37-23(4)38-39(52-20-51-38)34-27(37)17-29-35-33-22(3)36(48-6)21(2)14-25(33)16-28(45(35)5)30(18-44)46(29)31(34)19-50-32(47)12-11-24-9-8-10-26(15-24)40(41,42)43/h7-12,14-15,28-31,35H,1,13,16-17,19-20H2,2-6H3/b12-11+/t28-,29?,30+,31+,35+/m1/s1. The number of benzene rings is 3. The van der Waals surface area contributed by atoms with Gasteiger partial charge in [-0.3, -0.25) is 9.80 Å². The van der Waals surface area contributed by atoms with Crippen LogP contribution in [-0.4, -0.2) is 68.1 Å². The zero-order valence-electron chi connectivity index (χ0n) is 29.7. The van der Waals surface area contributed by atoms with E-state index in [1.54, 1.807) is 13.2 Å². The number of likely N-dealkylation sites (N-methyl/N-ethyl adjacent to an activating group) is 1. The fourth-order valence-corrected chi connectivity index (χ4v) is 8.86. The van der Waals surface area contributed by atoms with Gasteiger partial charge in [-0.2, -0.15) is 18.4 Å². The Morgan fingerprint density at radius 1 is 1.08 bits per heavy atom. The summed E-state index contributed by atoms with van der Waals surface area (Å²) >= 11 is 0. The second-order valence-electron chi connectivity index (χ2n) is 13.7. The van der Waals surface area contributed by atoms with Crippen LogP contribution in [0.5, 0.6) is 23.0 Å². The van der Waals surface area contributed by atoms with Gasteiger partial charge in [0.05, 0.1) is 30.8 Å². The van der Waals surface area contributed by atoms with Crippen molar-refractivity contribution in [1.82, 2.24) is 9.80 Å². The van der Waals surface area contributed by atoms with Crippen molar-refractivity contribution in [1.29, 1.82) is 5.26 Å². The monoisotopic (exact) mass is 715 g/mol. The molecule has 12 heteroatoms. The SMILES string of the molecule is C=CCOc1c(C)c2c(c3c1CC1[C@H]4c5c(cc(C)c(OC)c5C)C[C@H]([C@H](C#N)N1[C@H]3COC(=O)/C=C/c1cccc(C(F)(F)F)c1)N4C)OCO2. The maximum absolute atomic E-state index is 13.3. The fourth-order valence-electron chi connectivity index (χ4n) is 8.86. The number of esters is 1. The average molecular weight is 716 g/mol. The zero-order valence-corrected chi connectivity index (χ0v) is 29.7. The van der Waals surface area contributed by atoms with Crippen molar-refractivity contribution in [3.63, 3.8) is 0 Å². The fraction of sp³-hybridized carbons (Fsp3) is 0.400. The summed E-state index contributed by atoms with van der Waals surface area (Å²) in [5, 5.41) is 10.9. The van der Waals surface area contributed by atoms with Gasteiger partial charge in [-0.25, -0.2) is 4.79 Å². The Morgan fingerprint density at radius 3 is 2.56 bits per heavy atom. The van der Waals surface area contributed by atoms with Gasteiger partial charge in [0.15, 0.2) is 11.5 Å². The van der Waals surface area contributed by atoms with E-state index in [-0.39, 0.29) is 43.7 Å². The maximum Gasteiger partial charge on any atom is 0.416 e. The normalized spacial score (nSPS) is 23.3. The second kappa shape index (κ2) is 13.5. The predicted octanol–water partition coefficient (Wildman–Crippen LogP) is 6.96. The number of ether oxygens (including phenoxy) is 5. The highest BCUT2D eigenvalue weighted by Gasteiger charge is 2.56. The molecule has 0 aliphatic carbocycles. The van der Waals surface area contributed by atoms with E-state index in [0.29, 0.717) is 30.1 Å². The van der Waals surface area contributed by atoms with Gasteiger partial charge >= 0.3 is 12.1 Å². The van der Waals surface area contributed by atoms with Crippen molar-refractivity contribution in [2.45, 2.75) is 70.0 Å². The molecule has 7 rings (SSSR count). The van der Waals surface area contributed by atoms with Gasteiger partial charge < -0.3 is 23.7 Å². The highest BCUT2D eigenvalue weighted by Crippen LogP contribution is 2.57. The van der Waals surface area contributed by atoms with Crippen LogP contribution in [0, 0.1) is 32.1 Å². The lowest BCUT2D eigenvalue weighted by molar-refractivity contribution is -0.143. The summed E-state index contributed by atoms with van der Waals surface area (Å²) in [6.07, 6.45) is 0.684. The van der Waals surface area contributed by atoms with E-state index >= 15 is 0 Å². The Kier molecular flexibility index (Phi) is 9.21. The quantitative estimate of drug-likeness (QED) is 0.139. The van der Waals surface area contributed by atoms with Gasteiger partial charge in [-0.1, -0.05) is 30.9 Å². The van der Waals surface area contributed by atoms with Gasteiger partial charge in [0, 0.05) is 34.9 Å². The molecular weight excluding hydrogens is 675 g/mol. The molecule has 0 amide bonds. The number of fused-ring (bicyclic) bond motifs is 9. The van der Waals surface area contributed by atoms with Crippen LogP contribution in [-0.2, 0) is 28.5 Å². The summed E-state index contributed by atoms with van der Waals surface area (Å²) in [6.45, 7) is 9.94. The Labute approximate surface area is 300 Å². The molecule has 3 aromatic rings. The number of alkyl halides is 3. The molecule has 1 fully saturated rings. The summed E-state index contributed by atoms with van der Waals surface area (Å²) in [6, 6.07) is 7.63. The molecule has 0 N–H and O–H groups in total. The third-order valence-corrected chi connectivity index (χ3v) is 10.9. The van der Waals surface area contributed by atoms with Crippen molar-refractivity contribution >= 4 is 12.0 Å². The number of aryl methyl sites for hydroxylation is 1. The van der Waals surface area contributed by atoms with Crippen LogP contribution in [0.25, 0.3) is 6.08 Å². The first kappa shape index (κ1) is 35.4. The van der Waals surface area contributed by atoms with Gasteiger partial charge in [0.1, 0.15) is 30.8 Å². The molecule has 5 atom stereocenters. The largest absolute Gasteiger partial charge is 0.496 e. The molecule has 1 unspecified atom stereocenters. The second-order valence-corrected chi connectivity index (χ2v) is 13.7. The number of methoxy groups -OCH3 is 1. The minimum atomic E-state index is -4.52. The van der Waals surface area contributed by atoms with Crippen LogP contribution in [0.15, 0.2) is 49.1 Å². The lowest BCUT2D eigenvalue weighted by Crippen LogP contribution is -2.68. The summed E-state index contributed by atoms with van der Waals surface area (Å²) in [7, 11) is 3.74. The molecule has 9 nitrogen and oxygen atoms in total. The van der Waals surface area contributed by atoms with Gasteiger partial charge in [-0.05, 0) is 86.7 Å². The van der Waals surface area contributed by atoms with Crippen LogP contribution in [0.2, 0.25) is 0 Å². The molecule has 1 saturated heterocycles. The maximum atomic E-state index is 13.3. The van der Waals surface area contributed by atoms with E-state index in [4.69, 9.17) is 23.7 Å². The Balaban J connectivity index is 1.34. The Bertz CT molecular complexity index is 2020. The average Bonchev–Trinajstić information content (AvgIpc) is 3.60.